The molecule has 2 aromatic carbocycles. The highest BCUT2D eigenvalue weighted by molar-refractivity contribution is 6.30. The lowest BCUT2D eigenvalue weighted by molar-refractivity contribution is 0.544. The molecule has 2 nitrogen and oxygen atoms in total. The van der Waals surface area contributed by atoms with Gasteiger partial charge in [-0.05, 0) is 42.8 Å². The van der Waals surface area contributed by atoms with Gasteiger partial charge >= 0.3 is 0 Å². The fourth-order valence-electron chi connectivity index (χ4n) is 1.91. The van der Waals surface area contributed by atoms with Gasteiger partial charge in [0.1, 0.15) is 5.82 Å². The second-order valence-electron chi connectivity index (χ2n) is 4.57. The monoisotopic (exact) mass is 288 g/mol. The summed E-state index contributed by atoms with van der Waals surface area (Å²) < 4.78 is 13.6. The third kappa shape index (κ3) is 3.57. The predicted molar refractivity (Wildman–Crippen MR) is 77.8 cm³/mol. The Bertz CT molecular complexity index is 632. The van der Waals surface area contributed by atoms with E-state index < -0.39 is 0 Å². The van der Waals surface area contributed by atoms with Crippen molar-refractivity contribution in [2.75, 3.05) is 0 Å². The molecule has 1 unspecified atom stereocenters. The first-order valence-corrected chi connectivity index (χ1v) is 6.65. The van der Waals surface area contributed by atoms with Crippen LogP contribution in [0.4, 0.5) is 4.39 Å². The molecule has 0 aliphatic rings. The van der Waals surface area contributed by atoms with Crippen molar-refractivity contribution < 1.29 is 4.39 Å². The molecule has 0 spiro atoms. The molecule has 0 radical (unpaired) electrons. The first-order chi connectivity index (χ1) is 9.60. The van der Waals surface area contributed by atoms with Gasteiger partial charge in [-0.25, -0.2) is 4.39 Å². The zero-order valence-electron chi connectivity index (χ0n) is 11.0. The molecule has 0 bridgehead atoms. The second kappa shape index (κ2) is 6.51. The van der Waals surface area contributed by atoms with Gasteiger partial charge in [-0.2, -0.15) is 5.26 Å². The average Bonchev–Trinajstić information content (AvgIpc) is 2.48. The van der Waals surface area contributed by atoms with Crippen LogP contribution in [0.2, 0.25) is 5.02 Å². The maximum Gasteiger partial charge on any atom is 0.127 e. The highest BCUT2D eigenvalue weighted by Gasteiger charge is 2.07. The van der Waals surface area contributed by atoms with E-state index >= 15 is 0 Å². The summed E-state index contributed by atoms with van der Waals surface area (Å²) in [5.41, 5.74) is 2.21. The number of rotatable bonds is 4. The van der Waals surface area contributed by atoms with Gasteiger partial charge in [0.15, 0.2) is 0 Å². The van der Waals surface area contributed by atoms with Gasteiger partial charge < -0.3 is 5.32 Å². The molecule has 0 aliphatic heterocycles. The quantitative estimate of drug-likeness (QED) is 0.915. The van der Waals surface area contributed by atoms with E-state index in [0.717, 1.165) is 5.56 Å². The van der Waals surface area contributed by atoms with Crippen LogP contribution in [-0.4, -0.2) is 0 Å². The van der Waals surface area contributed by atoms with Crippen molar-refractivity contribution in [1.29, 1.82) is 5.26 Å². The Balaban J connectivity index is 2.02. The van der Waals surface area contributed by atoms with E-state index in [9.17, 15) is 4.39 Å². The van der Waals surface area contributed by atoms with Crippen LogP contribution in [-0.2, 0) is 6.54 Å². The van der Waals surface area contributed by atoms with E-state index in [1.807, 2.05) is 19.1 Å². The molecule has 0 saturated heterocycles. The van der Waals surface area contributed by atoms with Crippen molar-refractivity contribution >= 4 is 11.6 Å². The lowest BCUT2D eigenvalue weighted by Gasteiger charge is -2.15. The molecule has 0 fully saturated rings. The number of nitrogens with one attached hydrogen (secondary N) is 1. The molecule has 1 N–H and O–H groups in total. The molecular formula is C16H14ClFN2. The third-order valence-corrected chi connectivity index (χ3v) is 3.38. The number of halogens is 2. The van der Waals surface area contributed by atoms with Gasteiger partial charge in [-0.1, -0.05) is 23.7 Å². The molecule has 4 heteroatoms. The topological polar surface area (TPSA) is 35.8 Å². The summed E-state index contributed by atoms with van der Waals surface area (Å²) in [5, 5.41) is 12.5. The Hall–Kier alpha value is -1.89. The Morgan fingerprint density at radius 2 is 1.95 bits per heavy atom. The SMILES string of the molecule is CC(NCc1cc(Cl)ccc1F)c1ccc(C#N)cc1. The zero-order valence-corrected chi connectivity index (χ0v) is 11.8. The van der Waals surface area contributed by atoms with Crippen LogP contribution in [0.15, 0.2) is 42.5 Å². The molecule has 1 atom stereocenters. The number of benzene rings is 2. The number of nitrogens with zero attached hydrogens (tertiary/aromatic N) is 1. The van der Waals surface area contributed by atoms with Crippen LogP contribution in [0.1, 0.15) is 29.7 Å². The normalized spacial score (nSPS) is 11.9. The maximum atomic E-state index is 13.6. The standard InChI is InChI=1S/C16H14ClFN2/c1-11(13-4-2-12(9-19)3-5-13)20-10-14-8-15(17)6-7-16(14)18/h2-8,11,20H,10H2,1H3. The first-order valence-electron chi connectivity index (χ1n) is 6.27. The highest BCUT2D eigenvalue weighted by Crippen LogP contribution is 2.17. The van der Waals surface area contributed by atoms with E-state index in [-0.39, 0.29) is 11.9 Å². The van der Waals surface area contributed by atoms with Crippen molar-refractivity contribution in [3.63, 3.8) is 0 Å². The minimum atomic E-state index is -0.270. The molecule has 102 valence electrons. The van der Waals surface area contributed by atoms with Gasteiger partial charge in [-0.15, -0.1) is 0 Å². The number of hydrogen-bond donors (Lipinski definition) is 1. The minimum Gasteiger partial charge on any atom is -0.306 e. The van der Waals surface area contributed by atoms with E-state index in [2.05, 4.69) is 11.4 Å². The largest absolute Gasteiger partial charge is 0.306 e. The molecular weight excluding hydrogens is 275 g/mol. The van der Waals surface area contributed by atoms with Crippen LogP contribution in [0.25, 0.3) is 0 Å². The molecule has 2 aromatic rings. The molecule has 0 saturated carbocycles. The van der Waals surface area contributed by atoms with Crippen LogP contribution in [0.5, 0.6) is 0 Å². The number of hydrogen-bond acceptors (Lipinski definition) is 2. The summed E-state index contributed by atoms with van der Waals surface area (Å²) in [7, 11) is 0. The summed E-state index contributed by atoms with van der Waals surface area (Å²) >= 11 is 5.86. The smallest absolute Gasteiger partial charge is 0.127 e. The average molecular weight is 289 g/mol. The third-order valence-electron chi connectivity index (χ3n) is 3.15. The van der Waals surface area contributed by atoms with Crippen molar-refractivity contribution in [1.82, 2.24) is 5.32 Å². The van der Waals surface area contributed by atoms with Gasteiger partial charge in [0, 0.05) is 23.2 Å². The van der Waals surface area contributed by atoms with Crippen LogP contribution >= 0.6 is 11.6 Å². The lowest BCUT2D eigenvalue weighted by Crippen LogP contribution is -2.18. The fourth-order valence-corrected chi connectivity index (χ4v) is 2.10. The fraction of sp³-hybridized carbons (Fsp3) is 0.188. The van der Waals surface area contributed by atoms with Gasteiger partial charge in [-0.3, -0.25) is 0 Å². The van der Waals surface area contributed by atoms with Gasteiger partial charge in [0.25, 0.3) is 0 Å². The molecule has 0 amide bonds. The Morgan fingerprint density at radius 1 is 1.25 bits per heavy atom. The van der Waals surface area contributed by atoms with Gasteiger partial charge in [0.2, 0.25) is 0 Å². The summed E-state index contributed by atoms with van der Waals surface area (Å²) in [6, 6.07) is 14.0. The van der Waals surface area contributed by atoms with Crippen LogP contribution in [0, 0.1) is 17.1 Å². The zero-order chi connectivity index (χ0) is 14.5. The van der Waals surface area contributed by atoms with Crippen molar-refractivity contribution in [2.45, 2.75) is 19.5 Å². The minimum absolute atomic E-state index is 0.0566. The van der Waals surface area contributed by atoms with E-state index in [1.165, 1.54) is 12.1 Å². The number of nitriles is 1. The summed E-state index contributed by atoms with van der Waals surface area (Å²) in [5.74, 6) is -0.270. The summed E-state index contributed by atoms with van der Waals surface area (Å²) in [6.45, 7) is 2.39. The molecule has 2 rings (SSSR count). The highest BCUT2D eigenvalue weighted by atomic mass is 35.5. The van der Waals surface area contributed by atoms with Crippen molar-refractivity contribution in [3.05, 3.63) is 70.0 Å². The Labute approximate surface area is 122 Å². The van der Waals surface area contributed by atoms with E-state index in [1.54, 1.807) is 18.2 Å². The molecule has 20 heavy (non-hydrogen) atoms. The Kier molecular flexibility index (Phi) is 4.73. The lowest BCUT2D eigenvalue weighted by atomic mass is 10.1. The van der Waals surface area contributed by atoms with Crippen molar-refractivity contribution in [2.24, 2.45) is 0 Å². The predicted octanol–water partition coefficient (Wildman–Crippen LogP) is 4.20. The summed E-state index contributed by atoms with van der Waals surface area (Å²) in [6.07, 6.45) is 0. The molecule has 0 aliphatic carbocycles. The van der Waals surface area contributed by atoms with Crippen molar-refractivity contribution in [3.8, 4) is 6.07 Å². The first kappa shape index (κ1) is 14.5. The van der Waals surface area contributed by atoms with E-state index in [4.69, 9.17) is 16.9 Å². The maximum absolute atomic E-state index is 13.6. The van der Waals surface area contributed by atoms with Crippen LogP contribution < -0.4 is 5.32 Å². The van der Waals surface area contributed by atoms with Gasteiger partial charge in [0.05, 0.1) is 11.6 Å². The van der Waals surface area contributed by atoms with E-state index in [0.29, 0.717) is 22.7 Å². The van der Waals surface area contributed by atoms with Crippen LogP contribution in [0.3, 0.4) is 0 Å². The second-order valence-corrected chi connectivity index (χ2v) is 5.01. The summed E-state index contributed by atoms with van der Waals surface area (Å²) in [4.78, 5) is 0. The molecule has 0 heterocycles. The molecule has 0 aromatic heterocycles. The Morgan fingerprint density at radius 3 is 2.60 bits per heavy atom.